The van der Waals surface area contributed by atoms with Crippen LogP contribution in [-0.4, -0.2) is 81.3 Å². The Morgan fingerprint density at radius 2 is 0.882 bits per heavy atom. The quantitative estimate of drug-likeness (QED) is 0.240. The molecule has 3 unspecified atom stereocenters. The number of hydrogen-bond donors (Lipinski definition) is 6. The van der Waals surface area contributed by atoms with Crippen LogP contribution in [0.2, 0.25) is 0 Å². The number of carboxylic acid groups (broad SMARTS) is 3. The van der Waals surface area contributed by atoms with Crippen molar-refractivity contribution in [2.24, 2.45) is 0 Å². The van der Waals surface area contributed by atoms with Crippen LogP contribution in [0.15, 0.2) is 37.6 Å². The second kappa shape index (κ2) is 16.1. The van der Waals surface area contributed by atoms with Crippen molar-refractivity contribution in [3.63, 3.8) is 0 Å². The van der Waals surface area contributed by atoms with Gasteiger partial charge in [-0.25, -0.2) is 15.0 Å². The minimum atomic E-state index is -1.11. The molecule has 0 aliphatic rings. The molecule has 1 radical (unpaired) electrons. The van der Waals surface area contributed by atoms with Gasteiger partial charge in [0.2, 0.25) is 0 Å². The first kappa shape index (κ1) is 30.5. The van der Waals surface area contributed by atoms with Gasteiger partial charge in [0.1, 0.15) is 0 Å². The standard InChI is InChI=1S/3C6H8N3O2.Cr/c3*7-5(6(10)11)1-4-2-8-3-9-4;/h3*2-3,5,7H,1H2,(H,8,9)(H,10,11);/q3*-1;+3. The number of aromatic nitrogens is 6. The number of H-pyrrole nitrogens is 3. The minimum Gasteiger partial charge on any atom is -0.665 e. The molecule has 0 amide bonds. The number of nitrogens with one attached hydrogen (secondary N) is 6. The Balaban J connectivity index is 0.000000473. The number of carbonyl (C=O) groups is 3. The van der Waals surface area contributed by atoms with Crippen LogP contribution in [0.5, 0.6) is 0 Å². The molecule has 34 heavy (non-hydrogen) atoms. The fraction of sp³-hybridized carbons (Fsp3) is 0.333. The number of aromatic amines is 3. The smallest absolute Gasteiger partial charge is 0.665 e. The SMILES string of the molecule is [Cr+3].[NH-]C(Cc1cnc[nH]1)C(=O)O.[NH-]C(Cc1cnc[nH]1)C(=O)O.[NH-]C(Cc1cnc[nH]1)C(=O)O. The number of hydrogen-bond acceptors (Lipinski definition) is 6. The Morgan fingerprint density at radius 1 is 0.647 bits per heavy atom. The van der Waals surface area contributed by atoms with E-state index in [1.807, 2.05) is 0 Å². The molecule has 0 aromatic carbocycles. The molecule has 0 aliphatic heterocycles. The van der Waals surface area contributed by atoms with Crippen LogP contribution in [0.25, 0.3) is 17.2 Å². The van der Waals surface area contributed by atoms with Crippen LogP contribution in [0.3, 0.4) is 0 Å². The molecule has 15 nitrogen and oxygen atoms in total. The number of imidazole rings is 3. The van der Waals surface area contributed by atoms with Crippen molar-refractivity contribution in [1.82, 2.24) is 29.9 Å². The van der Waals surface area contributed by atoms with Gasteiger partial charge in [0.05, 0.1) is 19.0 Å². The van der Waals surface area contributed by atoms with Gasteiger partial charge < -0.3 is 47.5 Å². The molecule has 0 aliphatic carbocycles. The number of nitrogens with zero attached hydrogens (tertiary/aromatic N) is 3. The second-order valence-electron chi connectivity index (χ2n) is 6.52. The molecule has 0 spiro atoms. The van der Waals surface area contributed by atoms with Gasteiger partial charge in [-0.2, -0.15) is 0 Å². The van der Waals surface area contributed by atoms with E-state index in [1.54, 1.807) is 0 Å². The van der Waals surface area contributed by atoms with Crippen LogP contribution in [0.1, 0.15) is 17.1 Å². The molecule has 3 rings (SSSR count). The summed E-state index contributed by atoms with van der Waals surface area (Å²) in [5.41, 5.74) is 23.2. The van der Waals surface area contributed by atoms with Crippen molar-refractivity contribution in [2.75, 3.05) is 0 Å². The van der Waals surface area contributed by atoms with Crippen LogP contribution < -0.4 is 0 Å². The number of aliphatic carboxylic acids is 3. The third-order valence-corrected chi connectivity index (χ3v) is 3.83. The van der Waals surface area contributed by atoms with E-state index < -0.39 is 36.0 Å². The molecule has 0 saturated carbocycles. The summed E-state index contributed by atoms with van der Waals surface area (Å²) in [6, 6.07) is -3.30. The third-order valence-electron chi connectivity index (χ3n) is 3.83. The van der Waals surface area contributed by atoms with Crippen molar-refractivity contribution < 1.29 is 47.1 Å². The summed E-state index contributed by atoms with van der Waals surface area (Å²) in [7, 11) is 0. The van der Waals surface area contributed by atoms with Gasteiger partial charge in [-0.05, 0) is 37.4 Å². The molecule has 3 heterocycles. The second-order valence-corrected chi connectivity index (χ2v) is 6.52. The average Bonchev–Trinajstić information content (AvgIpc) is 3.53. The summed E-state index contributed by atoms with van der Waals surface area (Å²) in [5, 5.41) is 25.1. The van der Waals surface area contributed by atoms with Gasteiger partial charge in [-0.1, -0.05) is 0 Å². The summed E-state index contributed by atoms with van der Waals surface area (Å²) in [6.45, 7) is 0. The zero-order valence-electron chi connectivity index (χ0n) is 17.6. The fourth-order valence-electron chi connectivity index (χ4n) is 2.11. The largest absolute Gasteiger partial charge is 3.00 e. The molecule has 3 atom stereocenters. The van der Waals surface area contributed by atoms with Crippen molar-refractivity contribution in [3.05, 3.63) is 71.9 Å². The monoisotopic (exact) mass is 514 g/mol. The molecule has 16 heteroatoms. The number of rotatable bonds is 9. The van der Waals surface area contributed by atoms with Crippen LogP contribution in [-0.2, 0) is 51.0 Å². The van der Waals surface area contributed by atoms with Gasteiger partial charge in [0, 0.05) is 35.7 Å². The van der Waals surface area contributed by atoms with Crippen LogP contribution >= 0.6 is 0 Å². The number of carboxylic acids is 3. The maximum Gasteiger partial charge on any atom is 3.00 e. The van der Waals surface area contributed by atoms with E-state index in [0.717, 1.165) is 0 Å². The zero-order valence-corrected chi connectivity index (χ0v) is 18.9. The van der Waals surface area contributed by atoms with E-state index in [2.05, 4.69) is 29.9 Å². The van der Waals surface area contributed by atoms with E-state index in [9.17, 15) is 14.4 Å². The molecule has 183 valence electrons. The molecule has 9 N–H and O–H groups in total. The van der Waals surface area contributed by atoms with E-state index in [0.29, 0.717) is 17.1 Å². The maximum atomic E-state index is 10.2. The molecular formula is C18H24CrN9O6. The van der Waals surface area contributed by atoms with Gasteiger partial charge in [-0.3, -0.25) is 14.4 Å². The summed E-state index contributed by atoms with van der Waals surface area (Å²) in [4.78, 5) is 49.9. The predicted octanol–water partition coefficient (Wildman–Crippen LogP) is 1.37. The van der Waals surface area contributed by atoms with Gasteiger partial charge in [0.25, 0.3) is 17.9 Å². The van der Waals surface area contributed by atoms with Gasteiger partial charge in [-0.15, -0.1) is 0 Å². The van der Waals surface area contributed by atoms with Crippen LogP contribution in [0, 0.1) is 0 Å². The topological polar surface area (TPSA) is 269 Å². The van der Waals surface area contributed by atoms with E-state index in [1.165, 1.54) is 37.6 Å². The maximum absolute atomic E-state index is 10.2. The zero-order chi connectivity index (χ0) is 24.8. The Bertz CT molecular complexity index is 827. The van der Waals surface area contributed by atoms with Gasteiger partial charge >= 0.3 is 17.4 Å². The Hall–Kier alpha value is -3.55. The fourth-order valence-corrected chi connectivity index (χ4v) is 2.11. The Morgan fingerprint density at radius 3 is 1.03 bits per heavy atom. The molecule has 3 aromatic rings. The summed E-state index contributed by atoms with van der Waals surface area (Å²) in [6.07, 6.45) is 9.47. The third kappa shape index (κ3) is 12.5. The Kier molecular flexibility index (Phi) is 14.4. The molecule has 0 fully saturated rings. The molecule has 0 saturated heterocycles. The summed E-state index contributed by atoms with van der Waals surface area (Å²) >= 11 is 0. The van der Waals surface area contributed by atoms with Crippen molar-refractivity contribution in [2.45, 2.75) is 37.4 Å². The molecular weight excluding hydrogens is 490 g/mol. The first-order valence-corrected chi connectivity index (χ1v) is 9.33. The van der Waals surface area contributed by atoms with E-state index >= 15 is 0 Å². The summed E-state index contributed by atoms with van der Waals surface area (Å²) in [5.74, 6) is -3.33. The minimum absolute atomic E-state index is 0. The first-order valence-electron chi connectivity index (χ1n) is 9.33. The normalized spacial score (nSPS) is 12.4. The average molecular weight is 514 g/mol. The van der Waals surface area contributed by atoms with Gasteiger partial charge in [0.15, 0.2) is 0 Å². The molecule has 0 bridgehead atoms. The summed E-state index contributed by atoms with van der Waals surface area (Å²) < 4.78 is 0. The predicted molar refractivity (Wildman–Crippen MR) is 114 cm³/mol. The molecule has 3 aromatic heterocycles. The van der Waals surface area contributed by atoms with E-state index in [4.69, 9.17) is 32.5 Å². The van der Waals surface area contributed by atoms with Crippen molar-refractivity contribution in [1.29, 1.82) is 0 Å². The first-order chi connectivity index (χ1) is 15.6. The van der Waals surface area contributed by atoms with Crippen molar-refractivity contribution in [3.8, 4) is 0 Å². The van der Waals surface area contributed by atoms with Crippen molar-refractivity contribution >= 4 is 17.9 Å². The Labute approximate surface area is 204 Å². The van der Waals surface area contributed by atoms with E-state index in [-0.39, 0.29) is 36.6 Å². The van der Waals surface area contributed by atoms with Crippen LogP contribution in [0.4, 0.5) is 0 Å².